The number of hydrogen-bond acceptors (Lipinski definition) is 4. The largest absolute Gasteiger partial charge is 0.497 e. The van der Waals surface area contributed by atoms with Gasteiger partial charge in [0.05, 0.1) is 12.0 Å². The summed E-state index contributed by atoms with van der Waals surface area (Å²) in [6.45, 7) is 0. The van der Waals surface area contributed by atoms with Gasteiger partial charge in [-0.1, -0.05) is 24.4 Å². The number of thiocarbonyl (C=S) groups is 1. The molecule has 1 aromatic rings. The predicted molar refractivity (Wildman–Crippen MR) is 69.7 cm³/mol. The van der Waals surface area contributed by atoms with Crippen LogP contribution in [0.5, 0.6) is 5.75 Å². The Morgan fingerprint density at radius 3 is 2.56 bits per heavy atom. The Kier molecular flexibility index (Phi) is 3.26. The van der Waals surface area contributed by atoms with E-state index in [-0.39, 0.29) is 5.24 Å². The van der Waals surface area contributed by atoms with E-state index in [1.807, 2.05) is 30.3 Å². The first kappa shape index (κ1) is 11.2. The minimum Gasteiger partial charge on any atom is -0.497 e. The van der Waals surface area contributed by atoms with E-state index in [2.05, 4.69) is 5.32 Å². The summed E-state index contributed by atoms with van der Waals surface area (Å²) in [7, 11) is 1.62. The second-order valence-electron chi connectivity index (χ2n) is 3.13. The zero-order valence-electron chi connectivity index (χ0n) is 8.52. The van der Waals surface area contributed by atoms with E-state index in [0.717, 1.165) is 28.0 Å². The minimum absolute atomic E-state index is 0.121. The molecule has 3 nitrogen and oxygen atoms in total. The Balaban J connectivity index is 2.22. The molecule has 0 atom stereocenters. The second-order valence-corrected chi connectivity index (χ2v) is 4.55. The van der Waals surface area contributed by atoms with Gasteiger partial charge in [0.1, 0.15) is 10.7 Å². The van der Waals surface area contributed by atoms with Crippen LogP contribution in [0.15, 0.2) is 29.2 Å². The average Bonchev–Trinajstić information content (AvgIpc) is 2.59. The van der Waals surface area contributed by atoms with Gasteiger partial charge >= 0.3 is 0 Å². The van der Waals surface area contributed by atoms with Gasteiger partial charge in [-0.15, -0.1) is 0 Å². The molecule has 1 saturated heterocycles. The number of thioether (sulfide) groups is 1. The van der Waals surface area contributed by atoms with Crippen LogP contribution in [0.25, 0.3) is 6.08 Å². The zero-order chi connectivity index (χ0) is 11.5. The first-order valence-electron chi connectivity index (χ1n) is 4.58. The van der Waals surface area contributed by atoms with Crippen molar-refractivity contribution in [3.63, 3.8) is 0 Å². The summed E-state index contributed by atoms with van der Waals surface area (Å²) in [6.07, 6.45) is 1.88. The lowest BCUT2D eigenvalue weighted by Gasteiger charge is -2.00. The van der Waals surface area contributed by atoms with Crippen LogP contribution in [-0.2, 0) is 0 Å². The fraction of sp³-hybridized carbons (Fsp3) is 0.0909. The molecule has 5 heteroatoms. The van der Waals surface area contributed by atoms with Crippen LogP contribution in [0.1, 0.15) is 5.56 Å². The molecule has 1 fully saturated rings. The summed E-state index contributed by atoms with van der Waals surface area (Å²) < 4.78 is 5.06. The highest BCUT2D eigenvalue weighted by molar-refractivity contribution is 8.19. The van der Waals surface area contributed by atoms with Gasteiger partial charge < -0.3 is 10.1 Å². The topological polar surface area (TPSA) is 38.3 Å². The monoisotopic (exact) mass is 251 g/mol. The molecule has 1 amide bonds. The molecule has 1 N–H and O–H groups in total. The molecule has 1 aliphatic heterocycles. The number of carbonyl (C=O) groups excluding carboxylic acids is 1. The van der Waals surface area contributed by atoms with Crippen LogP contribution in [0, 0.1) is 0 Å². The SMILES string of the molecule is COc1ccc(/C=C2\SC(=O)NC2=S)cc1. The third-order valence-electron chi connectivity index (χ3n) is 2.06. The molecule has 1 aliphatic rings. The van der Waals surface area contributed by atoms with E-state index in [9.17, 15) is 4.79 Å². The van der Waals surface area contributed by atoms with Crippen molar-refractivity contribution in [2.24, 2.45) is 0 Å². The maximum atomic E-state index is 11.1. The third-order valence-corrected chi connectivity index (χ3v) is 3.34. The molecule has 0 bridgehead atoms. The van der Waals surface area contributed by atoms with E-state index in [1.165, 1.54) is 0 Å². The molecule has 2 rings (SSSR count). The summed E-state index contributed by atoms with van der Waals surface area (Å²) in [5.74, 6) is 0.804. The van der Waals surface area contributed by atoms with Gasteiger partial charge in [0.15, 0.2) is 0 Å². The van der Waals surface area contributed by atoms with Crippen molar-refractivity contribution in [2.75, 3.05) is 7.11 Å². The van der Waals surface area contributed by atoms with Crippen LogP contribution < -0.4 is 10.1 Å². The van der Waals surface area contributed by atoms with Gasteiger partial charge in [-0.25, -0.2) is 0 Å². The van der Waals surface area contributed by atoms with Crippen molar-refractivity contribution in [1.29, 1.82) is 0 Å². The second kappa shape index (κ2) is 4.67. The maximum Gasteiger partial charge on any atom is 0.289 e. The number of methoxy groups -OCH3 is 1. The first-order valence-corrected chi connectivity index (χ1v) is 5.80. The Bertz CT molecular complexity index is 465. The third kappa shape index (κ3) is 2.43. The molecule has 82 valence electrons. The summed E-state index contributed by atoms with van der Waals surface area (Å²) in [5.41, 5.74) is 0.988. The molecule has 16 heavy (non-hydrogen) atoms. The molecule has 1 aromatic carbocycles. The van der Waals surface area contributed by atoms with Crippen molar-refractivity contribution < 1.29 is 9.53 Å². The van der Waals surface area contributed by atoms with E-state index < -0.39 is 0 Å². The highest BCUT2D eigenvalue weighted by atomic mass is 32.2. The van der Waals surface area contributed by atoms with Gasteiger partial charge in [-0.05, 0) is 35.5 Å². The van der Waals surface area contributed by atoms with Gasteiger partial charge in [-0.3, -0.25) is 4.79 Å². The summed E-state index contributed by atoms with van der Waals surface area (Å²) >= 11 is 6.14. The smallest absolute Gasteiger partial charge is 0.289 e. The van der Waals surface area contributed by atoms with Crippen LogP contribution in [0.4, 0.5) is 4.79 Å². The summed E-state index contributed by atoms with van der Waals surface area (Å²) in [6, 6.07) is 7.56. The molecule has 0 aromatic heterocycles. The lowest BCUT2D eigenvalue weighted by atomic mass is 10.2. The standard InChI is InChI=1S/C11H9NO2S2/c1-14-8-4-2-7(3-5-8)6-9-10(15)12-11(13)16-9/h2-6H,1H3,(H,12,13,15)/b9-6-. The summed E-state index contributed by atoms with van der Waals surface area (Å²) in [5, 5.41) is 2.45. The number of rotatable bonds is 2. The Morgan fingerprint density at radius 1 is 1.38 bits per heavy atom. The average molecular weight is 251 g/mol. The Hall–Kier alpha value is -1.33. The molecule has 0 unspecified atom stereocenters. The van der Waals surface area contributed by atoms with Gasteiger partial charge in [0, 0.05) is 0 Å². The van der Waals surface area contributed by atoms with Crippen molar-refractivity contribution in [1.82, 2.24) is 5.32 Å². The molecule has 1 heterocycles. The quantitative estimate of drug-likeness (QED) is 0.648. The van der Waals surface area contributed by atoms with Crippen molar-refractivity contribution in [3.8, 4) is 5.75 Å². The van der Waals surface area contributed by atoms with Crippen molar-refractivity contribution >= 4 is 40.3 Å². The number of benzene rings is 1. The minimum atomic E-state index is -0.121. The highest BCUT2D eigenvalue weighted by Gasteiger charge is 2.21. The van der Waals surface area contributed by atoms with Gasteiger partial charge in [0.2, 0.25) is 0 Å². The fourth-order valence-electron chi connectivity index (χ4n) is 1.27. The molecular weight excluding hydrogens is 242 g/mol. The predicted octanol–water partition coefficient (Wildman–Crippen LogP) is 2.82. The first-order chi connectivity index (χ1) is 7.69. The molecule has 0 spiro atoms. The van der Waals surface area contributed by atoms with Gasteiger partial charge in [-0.2, -0.15) is 0 Å². The maximum absolute atomic E-state index is 11.1. The van der Waals surface area contributed by atoms with Crippen LogP contribution >= 0.6 is 24.0 Å². The Morgan fingerprint density at radius 2 is 2.06 bits per heavy atom. The lowest BCUT2D eigenvalue weighted by Crippen LogP contribution is -2.15. The van der Waals surface area contributed by atoms with Crippen molar-refractivity contribution in [2.45, 2.75) is 0 Å². The number of ether oxygens (including phenoxy) is 1. The van der Waals surface area contributed by atoms with Crippen LogP contribution in [0.2, 0.25) is 0 Å². The lowest BCUT2D eigenvalue weighted by molar-refractivity contribution is 0.265. The molecular formula is C11H9NO2S2. The number of amides is 1. The zero-order valence-corrected chi connectivity index (χ0v) is 10.2. The normalized spacial score (nSPS) is 17.7. The van der Waals surface area contributed by atoms with E-state index in [0.29, 0.717) is 4.99 Å². The van der Waals surface area contributed by atoms with Crippen LogP contribution in [0.3, 0.4) is 0 Å². The number of hydrogen-bond donors (Lipinski definition) is 1. The molecule has 0 aliphatic carbocycles. The van der Waals surface area contributed by atoms with Crippen molar-refractivity contribution in [3.05, 3.63) is 34.7 Å². The Labute approximate surface area is 103 Å². The molecule has 0 radical (unpaired) electrons. The number of carbonyl (C=O) groups is 1. The van der Waals surface area contributed by atoms with Crippen LogP contribution in [-0.4, -0.2) is 17.3 Å². The highest BCUT2D eigenvalue weighted by Crippen LogP contribution is 2.26. The van der Waals surface area contributed by atoms with E-state index >= 15 is 0 Å². The molecule has 0 saturated carbocycles. The fourth-order valence-corrected chi connectivity index (χ4v) is 2.31. The summed E-state index contributed by atoms with van der Waals surface area (Å²) in [4.78, 5) is 12.3. The number of nitrogens with one attached hydrogen (secondary N) is 1. The van der Waals surface area contributed by atoms with Gasteiger partial charge in [0.25, 0.3) is 5.24 Å². The van der Waals surface area contributed by atoms with E-state index in [4.69, 9.17) is 17.0 Å². The van der Waals surface area contributed by atoms with E-state index in [1.54, 1.807) is 7.11 Å².